The SMILES string of the molecule is Nc1ccc(N=Nc2cc(S(=O)(=O)O)c3cc(S(=O)(=O)O)c(N=Nc4ccc(N)cc4S(=O)(=O)O)c(O)c3c2O)c(S(=O)(=O)O)c1. The van der Waals surface area contributed by atoms with Crippen molar-refractivity contribution < 1.29 is 62.1 Å². The number of aromatic hydroxyl groups is 2. The molecule has 0 spiro atoms. The molecule has 46 heavy (non-hydrogen) atoms. The molecule has 0 unspecified atom stereocenters. The number of rotatable bonds is 8. The molecule has 0 aliphatic carbocycles. The molecule has 0 atom stereocenters. The molecule has 0 bridgehead atoms. The van der Waals surface area contributed by atoms with Gasteiger partial charge in [-0.2, -0.15) is 33.7 Å². The molecule has 0 saturated carbocycles. The number of nitrogen functional groups attached to an aromatic ring is 2. The summed E-state index contributed by atoms with van der Waals surface area (Å²) in [5.41, 5.74) is 7.39. The van der Waals surface area contributed by atoms with Crippen molar-refractivity contribution in [3.63, 3.8) is 0 Å². The highest BCUT2D eigenvalue weighted by atomic mass is 32.2. The van der Waals surface area contributed by atoms with E-state index < -0.39 is 105 Å². The van der Waals surface area contributed by atoms with E-state index in [-0.39, 0.29) is 11.4 Å². The summed E-state index contributed by atoms with van der Waals surface area (Å²) in [4.78, 5) is -4.36. The third-order valence-corrected chi connectivity index (χ3v) is 9.38. The Morgan fingerprint density at radius 2 is 0.891 bits per heavy atom. The van der Waals surface area contributed by atoms with Crippen molar-refractivity contribution in [2.24, 2.45) is 20.5 Å². The zero-order chi connectivity index (χ0) is 34.6. The molecule has 4 rings (SSSR count). The van der Waals surface area contributed by atoms with Crippen LogP contribution >= 0.6 is 0 Å². The van der Waals surface area contributed by atoms with Crippen LogP contribution in [0, 0.1) is 0 Å². The van der Waals surface area contributed by atoms with Gasteiger partial charge in [-0.1, -0.05) is 0 Å². The molecule has 0 heterocycles. The van der Waals surface area contributed by atoms with Gasteiger partial charge in [-0.15, -0.1) is 20.5 Å². The number of anilines is 2. The zero-order valence-corrected chi connectivity index (χ0v) is 25.4. The summed E-state index contributed by atoms with van der Waals surface area (Å²) in [5, 5.41) is 34.1. The number of phenols is 2. The topological polar surface area (TPSA) is 359 Å². The molecule has 24 heteroatoms. The molecule has 0 fully saturated rings. The molecule has 0 saturated heterocycles. The lowest BCUT2D eigenvalue weighted by atomic mass is 10.1. The predicted octanol–water partition coefficient (Wildman–Crippen LogP) is 3.23. The van der Waals surface area contributed by atoms with Gasteiger partial charge >= 0.3 is 0 Å². The lowest BCUT2D eigenvalue weighted by Crippen LogP contribution is -2.03. The van der Waals surface area contributed by atoms with Crippen molar-refractivity contribution in [2.45, 2.75) is 19.6 Å². The summed E-state index contributed by atoms with van der Waals surface area (Å²) in [5.74, 6) is -2.61. The number of hydrogen-bond donors (Lipinski definition) is 8. The quantitative estimate of drug-likeness (QED) is 0.0736. The minimum absolute atomic E-state index is 0.127. The predicted molar refractivity (Wildman–Crippen MR) is 157 cm³/mol. The van der Waals surface area contributed by atoms with Crippen LogP contribution < -0.4 is 11.5 Å². The van der Waals surface area contributed by atoms with E-state index in [4.69, 9.17) is 11.5 Å². The molecular formula is C22H18N6O14S4. The molecule has 0 amide bonds. The Labute approximate surface area is 258 Å². The highest BCUT2D eigenvalue weighted by Gasteiger charge is 2.29. The van der Waals surface area contributed by atoms with Gasteiger partial charge in [-0.25, -0.2) is 0 Å². The fraction of sp³-hybridized carbons (Fsp3) is 0. The lowest BCUT2D eigenvalue weighted by molar-refractivity contribution is 0.460. The van der Waals surface area contributed by atoms with Crippen LogP contribution in [0.4, 0.5) is 34.1 Å². The van der Waals surface area contributed by atoms with Crippen LogP contribution in [-0.4, -0.2) is 62.1 Å². The summed E-state index contributed by atoms with van der Waals surface area (Å²) in [6.45, 7) is 0. The number of nitrogens with zero attached hydrogens (tertiary/aromatic N) is 4. The zero-order valence-electron chi connectivity index (χ0n) is 22.1. The van der Waals surface area contributed by atoms with E-state index in [1.54, 1.807) is 0 Å². The van der Waals surface area contributed by atoms with Crippen LogP contribution in [0.1, 0.15) is 0 Å². The summed E-state index contributed by atoms with van der Waals surface area (Å²) in [7, 11) is -20.8. The number of benzene rings is 4. The van der Waals surface area contributed by atoms with Crippen LogP contribution in [0.3, 0.4) is 0 Å². The Bertz CT molecular complexity index is 2460. The third-order valence-electron chi connectivity index (χ3n) is 5.85. The molecule has 0 radical (unpaired) electrons. The minimum Gasteiger partial charge on any atom is -0.505 e. The van der Waals surface area contributed by atoms with E-state index >= 15 is 0 Å². The van der Waals surface area contributed by atoms with E-state index in [0.29, 0.717) is 12.1 Å². The normalized spacial score (nSPS) is 13.2. The van der Waals surface area contributed by atoms with E-state index in [1.807, 2.05) is 0 Å². The van der Waals surface area contributed by atoms with E-state index in [0.717, 1.165) is 36.4 Å². The number of phenolic OH excluding ortho intramolecular Hbond substituents is 2. The van der Waals surface area contributed by atoms with Gasteiger partial charge in [0, 0.05) is 16.8 Å². The molecule has 4 aromatic rings. The first-order chi connectivity index (χ1) is 21.0. The smallest absolute Gasteiger partial charge is 0.296 e. The molecule has 0 aliphatic heterocycles. The van der Waals surface area contributed by atoms with Crippen molar-refractivity contribution in [3.8, 4) is 11.5 Å². The van der Waals surface area contributed by atoms with E-state index in [2.05, 4.69) is 20.5 Å². The average molecular weight is 719 g/mol. The molecule has 20 nitrogen and oxygen atoms in total. The van der Waals surface area contributed by atoms with Gasteiger partial charge in [0.2, 0.25) is 0 Å². The standard InChI is InChI=1S/C22H18N6O14S4/c23-9-1-3-12(16(5-9)44(34,35)36)25-27-14-8-15(43(31,32)33)11-7-18(46(40,41)42)20(22(30)19(11)21(14)29)28-26-13-4-2-10(24)6-17(13)45(37,38)39/h1-8,29-30H,23-24H2,(H,31,32,33)(H,34,35,36)(H,37,38,39)(H,40,41,42). The highest BCUT2D eigenvalue weighted by molar-refractivity contribution is 7.86. The van der Waals surface area contributed by atoms with Gasteiger partial charge in [0.1, 0.15) is 42.3 Å². The van der Waals surface area contributed by atoms with Crippen molar-refractivity contribution in [1.29, 1.82) is 0 Å². The van der Waals surface area contributed by atoms with Crippen molar-refractivity contribution in [2.75, 3.05) is 11.5 Å². The van der Waals surface area contributed by atoms with Crippen molar-refractivity contribution >= 4 is 85.4 Å². The van der Waals surface area contributed by atoms with Gasteiger partial charge in [0.25, 0.3) is 40.5 Å². The first-order valence-electron chi connectivity index (χ1n) is 11.6. The Hall–Kier alpha value is -4.82. The van der Waals surface area contributed by atoms with Gasteiger partial charge in [0.05, 0.1) is 5.39 Å². The Morgan fingerprint density at radius 1 is 0.478 bits per heavy atom. The monoisotopic (exact) mass is 718 g/mol. The van der Waals surface area contributed by atoms with Crippen LogP contribution in [0.15, 0.2) is 88.6 Å². The molecule has 10 N–H and O–H groups in total. The van der Waals surface area contributed by atoms with Crippen molar-refractivity contribution in [1.82, 2.24) is 0 Å². The fourth-order valence-electron chi connectivity index (χ4n) is 3.90. The van der Waals surface area contributed by atoms with Crippen LogP contribution in [0.5, 0.6) is 11.5 Å². The summed E-state index contributed by atoms with van der Waals surface area (Å²) in [6, 6.07) is 6.46. The fourth-order valence-corrected chi connectivity index (χ4v) is 6.57. The number of hydrogen-bond acceptors (Lipinski definition) is 16. The number of fused-ring (bicyclic) bond motifs is 1. The maximum Gasteiger partial charge on any atom is 0.296 e. The van der Waals surface area contributed by atoms with Crippen LogP contribution in [-0.2, 0) is 40.5 Å². The highest BCUT2D eigenvalue weighted by Crippen LogP contribution is 2.50. The first kappa shape index (κ1) is 34.1. The number of nitrogens with two attached hydrogens (primary N) is 2. The second kappa shape index (κ2) is 11.5. The molecule has 0 aliphatic rings. The third kappa shape index (κ3) is 6.87. The van der Waals surface area contributed by atoms with Gasteiger partial charge in [-0.05, 0) is 48.5 Å². The van der Waals surface area contributed by atoms with E-state index in [1.165, 1.54) is 0 Å². The summed E-state index contributed by atoms with van der Waals surface area (Å²) in [6.07, 6.45) is 0. The minimum atomic E-state index is -5.44. The van der Waals surface area contributed by atoms with Gasteiger partial charge in [-0.3, -0.25) is 18.2 Å². The first-order valence-corrected chi connectivity index (χ1v) is 17.3. The van der Waals surface area contributed by atoms with Crippen molar-refractivity contribution in [3.05, 3.63) is 48.5 Å². The molecule has 0 aromatic heterocycles. The van der Waals surface area contributed by atoms with E-state index in [9.17, 15) is 62.1 Å². The largest absolute Gasteiger partial charge is 0.505 e. The lowest BCUT2D eigenvalue weighted by Gasteiger charge is -2.14. The second-order valence-corrected chi connectivity index (χ2v) is 14.6. The molecule has 244 valence electrons. The van der Waals surface area contributed by atoms with Gasteiger partial charge < -0.3 is 21.7 Å². The maximum atomic E-state index is 12.3. The van der Waals surface area contributed by atoms with Gasteiger partial charge in [0.15, 0.2) is 11.5 Å². The average Bonchev–Trinajstić information content (AvgIpc) is 2.90. The Balaban J connectivity index is 2.08. The van der Waals surface area contributed by atoms with Crippen LogP contribution in [0.25, 0.3) is 10.8 Å². The maximum absolute atomic E-state index is 12.3. The summed E-state index contributed by atoms with van der Waals surface area (Å²) >= 11 is 0. The molecular weight excluding hydrogens is 701 g/mol. The Kier molecular flexibility index (Phi) is 8.53. The summed E-state index contributed by atoms with van der Waals surface area (Å²) < 4.78 is 135. The second-order valence-electron chi connectivity index (χ2n) is 8.99. The van der Waals surface area contributed by atoms with Crippen LogP contribution in [0.2, 0.25) is 0 Å². The Morgan fingerprint density at radius 3 is 1.33 bits per heavy atom. The molecule has 4 aromatic carbocycles. The number of azo groups is 2.